The summed E-state index contributed by atoms with van der Waals surface area (Å²) in [7, 11) is 0. The summed E-state index contributed by atoms with van der Waals surface area (Å²) in [5.41, 5.74) is 4.10. The fraction of sp³-hybridized carbons (Fsp3) is 0.316. The van der Waals surface area contributed by atoms with E-state index in [9.17, 15) is 4.79 Å². The monoisotopic (exact) mass is 294 g/mol. The van der Waals surface area contributed by atoms with E-state index in [0.717, 1.165) is 16.8 Å². The van der Waals surface area contributed by atoms with Crippen molar-refractivity contribution in [2.24, 2.45) is 0 Å². The summed E-state index contributed by atoms with van der Waals surface area (Å²) >= 11 is 0. The number of amides is 1. The average Bonchev–Trinajstić information content (AvgIpc) is 2.55. The van der Waals surface area contributed by atoms with Crippen molar-refractivity contribution in [2.45, 2.75) is 32.9 Å². The molecule has 1 unspecified atom stereocenters. The van der Waals surface area contributed by atoms with Crippen molar-refractivity contribution >= 4 is 11.6 Å². The van der Waals surface area contributed by atoms with Gasteiger partial charge in [0.1, 0.15) is 6.17 Å². The van der Waals surface area contributed by atoms with Crippen molar-refractivity contribution in [3.63, 3.8) is 0 Å². The molecule has 0 aliphatic carbocycles. The molecule has 1 amide bonds. The van der Waals surface area contributed by atoms with Crippen LogP contribution in [0, 0.1) is 0 Å². The third-order valence-electron chi connectivity index (χ3n) is 4.28. The Morgan fingerprint density at radius 2 is 1.77 bits per heavy atom. The third kappa shape index (κ3) is 2.47. The summed E-state index contributed by atoms with van der Waals surface area (Å²) in [5.74, 6) is 0.604. The SMILES string of the molecule is CCN1C(=O)c2ccccc2NC1c1ccc(C(C)C)cc1. The average molecular weight is 294 g/mol. The van der Waals surface area contributed by atoms with Crippen LogP contribution in [0.25, 0.3) is 0 Å². The Morgan fingerprint density at radius 1 is 1.09 bits per heavy atom. The van der Waals surface area contributed by atoms with Crippen LogP contribution in [0.3, 0.4) is 0 Å². The van der Waals surface area contributed by atoms with E-state index in [-0.39, 0.29) is 12.1 Å². The van der Waals surface area contributed by atoms with Crippen molar-refractivity contribution in [1.82, 2.24) is 4.90 Å². The summed E-state index contributed by atoms with van der Waals surface area (Å²) in [6, 6.07) is 16.3. The van der Waals surface area contributed by atoms with E-state index in [1.807, 2.05) is 36.1 Å². The molecular weight excluding hydrogens is 272 g/mol. The third-order valence-corrected chi connectivity index (χ3v) is 4.28. The van der Waals surface area contributed by atoms with Gasteiger partial charge < -0.3 is 10.2 Å². The van der Waals surface area contributed by atoms with Crippen molar-refractivity contribution < 1.29 is 4.79 Å². The maximum Gasteiger partial charge on any atom is 0.257 e. The van der Waals surface area contributed by atoms with E-state index in [4.69, 9.17) is 0 Å². The molecule has 3 heteroatoms. The number of benzene rings is 2. The Balaban J connectivity index is 1.97. The smallest absolute Gasteiger partial charge is 0.257 e. The quantitative estimate of drug-likeness (QED) is 0.910. The molecule has 0 radical (unpaired) electrons. The first-order chi connectivity index (χ1) is 10.6. The van der Waals surface area contributed by atoms with Gasteiger partial charge in [0.2, 0.25) is 0 Å². The standard InChI is InChI=1S/C19H22N2O/c1-4-21-18(15-11-9-14(10-12-15)13(2)3)20-17-8-6-5-7-16(17)19(21)22/h5-13,18,20H,4H2,1-3H3. The van der Waals surface area contributed by atoms with E-state index in [1.165, 1.54) is 5.56 Å². The van der Waals surface area contributed by atoms with Gasteiger partial charge in [-0.15, -0.1) is 0 Å². The van der Waals surface area contributed by atoms with Crippen LogP contribution < -0.4 is 5.32 Å². The van der Waals surface area contributed by atoms with Crippen molar-refractivity contribution in [3.05, 3.63) is 65.2 Å². The van der Waals surface area contributed by atoms with E-state index >= 15 is 0 Å². The summed E-state index contributed by atoms with van der Waals surface area (Å²) in [6.45, 7) is 7.07. The Labute approximate surface area is 132 Å². The number of rotatable bonds is 3. The predicted octanol–water partition coefficient (Wildman–Crippen LogP) is 4.40. The lowest BCUT2D eigenvalue weighted by Gasteiger charge is -2.37. The van der Waals surface area contributed by atoms with Crippen LogP contribution >= 0.6 is 0 Å². The molecule has 1 atom stereocenters. The van der Waals surface area contributed by atoms with Gasteiger partial charge in [-0.1, -0.05) is 50.2 Å². The summed E-state index contributed by atoms with van der Waals surface area (Å²) in [6.07, 6.45) is -0.103. The maximum atomic E-state index is 12.7. The molecule has 1 heterocycles. The first-order valence-electron chi connectivity index (χ1n) is 7.88. The second kappa shape index (κ2) is 5.84. The number of nitrogens with one attached hydrogen (secondary N) is 1. The zero-order valence-electron chi connectivity index (χ0n) is 13.3. The number of carbonyl (C=O) groups is 1. The highest BCUT2D eigenvalue weighted by molar-refractivity contribution is 6.01. The summed E-state index contributed by atoms with van der Waals surface area (Å²) < 4.78 is 0. The second-order valence-corrected chi connectivity index (χ2v) is 6.00. The predicted molar refractivity (Wildman–Crippen MR) is 90.0 cm³/mol. The number of carbonyl (C=O) groups excluding carboxylic acids is 1. The highest BCUT2D eigenvalue weighted by atomic mass is 16.2. The van der Waals surface area contributed by atoms with Crippen molar-refractivity contribution in [2.75, 3.05) is 11.9 Å². The van der Waals surface area contributed by atoms with E-state index in [2.05, 4.69) is 43.4 Å². The molecular formula is C19H22N2O. The van der Waals surface area contributed by atoms with Gasteiger partial charge in [0.15, 0.2) is 0 Å². The largest absolute Gasteiger partial charge is 0.361 e. The molecule has 2 aromatic rings. The molecule has 114 valence electrons. The molecule has 0 spiro atoms. The molecule has 3 rings (SSSR count). The zero-order valence-corrected chi connectivity index (χ0v) is 13.3. The molecule has 1 N–H and O–H groups in total. The summed E-state index contributed by atoms with van der Waals surface area (Å²) in [5, 5.41) is 3.50. The van der Waals surface area contributed by atoms with Crippen LogP contribution in [0.1, 0.15) is 54.3 Å². The van der Waals surface area contributed by atoms with E-state index < -0.39 is 0 Å². The Hall–Kier alpha value is -2.29. The first-order valence-corrected chi connectivity index (χ1v) is 7.88. The van der Waals surface area contributed by atoms with Crippen molar-refractivity contribution in [1.29, 1.82) is 0 Å². The van der Waals surface area contributed by atoms with Crippen LogP contribution in [-0.4, -0.2) is 17.4 Å². The number of fused-ring (bicyclic) bond motifs is 1. The minimum absolute atomic E-state index is 0.0924. The molecule has 0 bridgehead atoms. The number of para-hydroxylation sites is 1. The molecule has 1 aliphatic heterocycles. The molecule has 3 nitrogen and oxygen atoms in total. The zero-order chi connectivity index (χ0) is 15.7. The van der Waals surface area contributed by atoms with Crippen molar-refractivity contribution in [3.8, 4) is 0 Å². The van der Waals surface area contributed by atoms with E-state index in [1.54, 1.807) is 0 Å². The molecule has 0 saturated heterocycles. The minimum atomic E-state index is -0.103. The highest BCUT2D eigenvalue weighted by Crippen LogP contribution is 2.33. The fourth-order valence-corrected chi connectivity index (χ4v) is 2.95. The topological polar surface area (TPSA) is 32.3 Å². The molecule has 0 saturated carbocycles. The lowest BCUT2D eigenvalue weighted by molar-refractivity contribution is 0.0695. The van der Waals surface area contributed by atoms with Crippen LogP contribution in [0.4, 0.5) is 5.69 Å². The van der Waals surface area contributed by atoms with Gasteiger partial charge in [-0.3, -0.25) is 4.79 Å². The normalized spacial score (nSPS) is 17.4. The number of hydrogen-bond acceptors (Lipinski definition) is 2. The van der Waals surface area contributed by atoms with Gasteiger partial charge in [0, 0.05) is 12.2 Å². The molecule has 22 heavy (non-hydrogen) atoms. The molecule has 0 fully saturated rings. The second-order valence-electron chi connectivity index (χ2n) is 6.00. The van der Waals surface area contributed by atoms with Gasteiger partial charge in [0.25, 0.3) is 5.91 Å². The van der Waals surface area contributed by atoms with Crippen LogP contribution in [0.5, 0.6) is 0 Å². The van der Waals surface area contributed by atoms with E-state index in [0.29, 0.717) is 12.5 Å². The molecule has 2 aromatic carbocycles. The number of anilines is 1. The summed E-state index contributed by atoms with van der Waals surface area (Å²) in [4.78, 5) is 14.6. The maximum absolute atomic E-state index is 12.7. The van der Waals surface area contributed by atoms with Crippen LogP contribution in [0.2, 0.25) is 0 Å². The number of nitrogens with zero attached hydrogens (tertiary/aromatic N) is 1. The Bertz CT molecular complexity index is 676. The lowest BCUT2D eigenvalue weighted by atomic mass is 9.99. The van der Waals surface area contributed by atoms with Gasteiger partial charge in [-0.2, -0.15) is 0 Å². The highest BCUT2D eigenvalue weighted by Gasteiger charge is 2.31. The Kier molecular flexibility index (Phi) is 3.88. The van der Waals surface area contributed by atoms with Gasteiger partial charge in [0.05, 0.1) is 5.56 Å². The Morgan fingerprint density at radius 3 is 2.41 bits per heavy atom. The molecule has 0 aromatic heterocycles. The first kappa shape index (κ1) is 14.6. The van der Waals surface area contributed by atoms with Gasteiger partial charge >= 0.3 is 0 Å². The van der Waals surface area contributed by atoms with Gasteiger partial charge in [-0.05, 0) is 36.1 Å². The lowest BCUT2D eigenvalue weighted by Crippen LogP contribution is -2.42. The van der Waals surface area contributed by atoms with Gasteiger partial charge in [-0.25, -0.2) is 0 Å². The number of hydrogen-bond donors (Lipinski definition) is 1. The molecule has 1 aliphatic rings. The van der Waals surface area contributed by atoms with Crippen LogP contribution in [-0.2, 0) is 0 Å². The fourth-order valence-electron chi connectivity index (χ4n) is 2.95. The minimum Gasteiger partial charge on any atom is -0.361 e. The van der Waals surface area contributed by atoms with Crippen LogP contribution in [0.15, 0.2) is 48.5 Å².